The molecule has 2 aromatic carbocycles. The van der Waals surface area contributed by atoms with Crippen LogP contribution < -0.4 is 19.5 Å². The number of nitrogens with zero attached hydrogens (tertiary/aromatic N) is 2. The van der Waals surface area contributed by atoms with Gasteiger partial charge in [0.25, 0.3) is 6.35 Å². The van der Waals surface area contributed by atoms with Gasteiger partial charge in [0.2, 0.25) is 5.82 Å². The number of hydrogen-bond donors (Lipinski definition) is 0. The number of benzene rings is 2. The van der Waals surface area contributed by atoms with Crippen molar-refractivity contribution in [1.29, 1.82) is 0 Å². The normalized spacial score (nSPS) is 15.7. The molecule has 3 nitrogen and oxygen atoms in total. The second-order valence-corrected chi connectivity index (χ2v) is 7.24. The van der Waals surface area contributed by atoms with Crippen molar-refractivity contribution < 1.29 is 17.9 Å². The van der Waals surface area contributed by atoms with Crippen LogP contribution in [0.2, 0.25) is 5.02 Å². The van der Waals surface area contributed by atoms with Gasteiger partial charge in [-0.1, -0.05) is 11.6 Å². The minimum Gasteiger partial charge on any atom is -0.447 e. The summed E-state index contributed by atoms with van der Waals surface area (Å²) in [5, 5.41) is 3.23. The van der Waals surface area contributed by atoms with Crippen LogP contribution in [-0.4, -0.2) is 6.35 Å². The number of aryl methyl sites for hydroxylation is 1. The third kappa shape index (κ3) is 3.28. The highest BCUT2D eigenvalue weighted by Gasteiger charge is 2.25. The van der Waals surface area contributed by atoms with E-state index in [1.54, 1.807) is 29.2 Å². The van der Waals surface area contributed by atoms with Gasteiger partial charge < -0.3 is 4.74 Å². The van der Waals surface area contributed by atoms with E-state index in [4.69, 9.17) is 16.3 Å². The molecule has 0 fully saturated rings. The number of anilines is 1. The SMILES string of the molecule is Cc1csc2c1=NC(Oc1ccc(F)c(F)c1F)N(c1ccc(Cl)cc1)C=2. The van der Waals surface area contributed by atoms with Gasteiger partial charge in [0.1, 0.15) is 0 Å². The molecule has 2 heterocycles. The smallest absolute Gasteiger partial charge is 0.275 e. The molecular weight excluding hydrogens is 397 g/mol. The fraction of sp³-hybridized carbons (Fsp3) is 0.105. The van der Waals surface area contributed by atoms with Crippen molar-refractivity contribution in [2.75, 3.05) is 4.90 Å². The van der Waals surface area contributed by atoms with Gasteiger partial charge in [-0.15, -0.1) is 11.3 Å². The molecule has 0 spiro atoms. The zero-order valence-electron chi connectivity index (χ0n) is 13.9. The first-order valence-electron chi connectivity index (χ1n) is 7.92. The van der Waals surface area contributed by atoms with Crippen molar-refractivity contribution in [3.05, 3.63) is 79.7 Å². The predicted molar refractivity (Wildman–Crippen MR) is 99.0 cm³/mol. The van der Waals surface area contributed by atoms with Crippen LogP contribution in [0.4, 0.5) is 18.9 Å². The van der Waals surface area contributed by atoms with Crippen LogP contribution in [0, 0.1) is 24.4 Å². The molecule has 0 saturated heterocycles. The van der Waals surface area contributed by atoms with Gasteiger partial charge in [-0.25, -0.2) is 13.8 Å². The van der Waals surface area contributed by atoms with E-state index < -0.39 is 29.6 Å². The Balaban J connectivity index is 1.80. The molecule has 0 amide bonds. The summed E-state index contributed by atoms with van der Waals surface area (Å²) in [7, 11) is 0. The van der Waals surface area contributed by atoms with Gasteiger partial charge in [-0.05, 0) is 54.3 Å². The number of thiophene rings is 1. The van der Waals surface area contributed by atoms with E-state index in [9.17, 15) is 13.2 Å². The molecule has 1 unspecified atom stereocenters. The largest absolute Gasteiger partial charge is 0.447 e. The standard InChI is InChI=1S/C19H12ClF3N2OS/c1-10-9-27-15-8-25(12-4-2-11(20)3-5-12)19(24-18(10)15)26-14-7-6-13(21)16(22)17(14)23/h2-9,19H,1H3. The van der Waals surface area contributed by atoms with Gasteiger partial charge >= 0.3 is 0 Å². The van der Waals surface area contributed by atoms with Crippen LogP contribution in [0.15, 0.2) is 46.8 Å². The molecule has 1 atom stereocenters. The van der Waals surface area contributed by atoms with Crippen molar-refractivity contribution in [3.63, 3.8) is 0 Å². The fourth-order valence-corrected chi connectivity index (χ4v) is 3.73. The number of halogens is 4. The van der Waals surface area contributed by atoms with E-state index in [0.717, 1.165) is 27.6 Å². The van der Waals surface area contributed by atoms with E-state index >= 15 is 0 Å². The summed E-state index contributed by atoms with van der Waals surface area (Å²) in [4.78, 5) is 6.22. The Labute approximate surface area is 161 Å². The lowest BCUT2D eigenvalue weighted by Gasteiger charge is -2.29. The molecule has 27 heavy (non-hydrogen) atoms. The van der Waals surface area contributed by atoms with Crippen LogP contribution in [0.5, 0.6) is 5.75 Å². The van der Waals surface area contributed by atoms with Gasteiger partial charge in [0, 0.05) is 16.9 Å². The predicted octanol–water partition coefficient (Wildman–Crippen LogP) is 4.37. The summed E-state index contributed by atoms with van der Waals surface area (Å²) in [6.45, 7) is 1.90. The number of rotatable bonds is 3. The second-order valence-electron chi connectivity index (χ2n) is 5.89. The molecule has 0 bridgehead atoms. The molecule has 8 heteroatoms. The first kappa shape index (κ1) is 17.9. The minimum atomic E-state index is -1.59. The average Bonchev–Trinajstić information content (AvgIpc) is 3.02. The van der Waals surface area contributed by atoms with Crippen LogP contribution in [0.1, 0.15) is 5.56 Å². The number of fused-ring (bicyclic) bond motifs is 1. The summed E-state index contributed by atoms with van der Waals surface area (Å²) in [5.74, 6) is -4.68. The molecule has 3 aromatic rings. The maximum Gasteiger partial charge on any atom is 0.275 e. The van der Waals surface area contributed by atoms with Crippen molar-refractivity contribution in [3.8, 4) is 5.75 Å². The quantitative estimate of drug-likeness (QED) is 0.601. The van der Waals surface area contributed by atoms with E-state index in [0.29, 0.717) is 10.7 Å². The van der Waals surface area contributed by atoms with E-state index in [1.807, 2.05) is 18.5 Å². The van der Waals surface area contributed by atoms with Crippen molar-refractivity contribution in [2.45, 2.75) is 13.3 Å². The third-order valence-corrected chi connectivity index (χ3v) is 5.34. The topological polar surface area (TPSA) is 24.8 Å². The third-order valence-electron chi connectivity index (χ3n) is 4.06. The number of hydrogen-bond acceptors (Lipinski definition) is 4. The van der Waals surface area contributed by atoms with E-state index in [-0.39, 0.29) is 0 Å². The lowest BCUT2D eigenvalue weighted by molar-refractivity contribution is 0.200. The molecule has 1 aromatic heterocycles. The highest BCUT2D eigenvalue weighted by Crippen LogP contribution is 2.27. The summed E-state index contributed by atoms with van der Waals surface area (Å²) < 4.78 is 47.4. The van der Waals surface area contributed by atoms with Gasteiger partial charge in [0.15, 0.2) is 17.4 Å². The first-order valence-corrected chi connectivity index (χ1v) is 9.17. The van der Waals surface area contributed by atoms with Crippen molar-refractivity contribution in [1.82, 2.24) is 0 Å². The van der Waals surface area contributed by atoms with Crippen LogP contribution in [0.25, 0.3) is 6.20 Å². The van der Waals surface area contributed by atoms with Gasteiger partial charge in [-0.3, -0.25) is 4.90 Å². The minimum absolute atomic E-state index is 0.425. The molecule has 0 radical (unpaired) electrons. The summed E-state index contributed by atoms with van der Waals surface area (Å²) >= 11 is 7.46. The monoisotopic (exact) mass is 408 g/mol. The lowest BCUT2D eigenvalue weighted by Crippen LogP contribution is -2.44. The molecule has 0 saturated carbocycles. The molecule has 1 aliphatic rings. The molecule has 4 rings (SSSR count). The summed E-state index contributed by atoms with van der Waals surface area (Å²) in [5.41, 5.74) is 1.65. The van der Waals surface area contributed by atoms with E-state index in [1.165, 1.54) is 11.3 Å². The summed E-state index contributed by atoms with van der Waals surface area (Å²) in [6, 6.07) is 8.79. The molecule has 0 aliphatic carbocycles. The second kappa shape index (κ2) is 6.90. The Morgan fingerprint density at radius 3 is 2.56 bits per heavy atom. The highest BCUT2D eigenvalue weighted by molar-refractivity contribution is 7.07. The van der Waals surface area contributed by atoms with Gasteiger partial charge in [0.05, 0.1) is 9.89 Å². The fourth-order valence-electron chi connectivity index (χ4n) is 2.69. The molecule has 0 N–H and O–H groups in total. The van der Waals surface area contributed by atoms with Crippen LogP contribution >= 0.6 is 22.9 Å². The van der Waals surface area contributed by atoms with Crippen molar-refractivity contribution in [2.24, 2.45) is 4.99 Å². The Kier molecular flexibility index (Phi) is 4.57. The Morgan fingerprint density at radius 1 is 1.07 bits per heavy atom. The molecule has 138 valence electrons. The van der Waals surface area contributed by atoms with Crippen LogP contribution in [-0.2, 0) is 0 Å². The van der Waals surface area contributed by atoms with Crippen molar-refractivity contribution >= 4 is 34.8 Å². The zero-order valence-corrected chi connectivity index (χ0v) is 15.5. The Bertz CT molecular complexity index is 1130. The lowest BCUT2D eigenvalue weighted by atomic mass is 10.2. The Hall–Kier alpha value is -2.51. The van der Waals surface area contributed by atoms with Crippen LogP contribution in [0.3, 0.4) is 0 Å². The number of ether oxygens (including phenoxy) is 1. The average molecular weight is 409 g/mol. The Morgan fingerprint density at radius 2 is 1.81 bits per heavy atom. The maximum atomic E-state index is 14.1. The summed E-state index contributed by atoms with van der Waals surface area (Å²) in [6.07, 6.45) is 0.831. The highest BCUT2D eigenvalue weighted by atomic mass is 35.5. The molecular formula is C19H12ClF3N2OS. The maximum absolute atomic E-state index is 14.1. The molecule has 1 aliphatic heterocycles. The zero-order chi connectivity index (χ0) is 19.1. The van der Waals surface area contributed by atoms with Gasteiger partial charge in [-0.2, -0.15) is 4.39 Å². The van der Waals surface area contributed by atoms with E-state index in [2.05, 4.69) is 4.99 Å². The first-order chi connectivity index (χ1) is 12.9.